The second kappa shape index (κ2) is 7.13. The standard InChI is InChI=1S/C20H17N5OS/c1-13-10-14(2)25(24-13)16-7-5-6-15(11-16)19(26)23-20-22-18(12-27-20)17-8-3-4-9-21-17/h3-12H,1-2H3,(H,22,23,26). The molecular formula is C20H17N5OS. The second-order valence-corrected chi connectivity index (χ2v) is 6.95. The number of carbonyl (C=O) groups is 1. The third-order valence-corrected chi connectivity index (χ3v) is 4.77. The molecule has 0 aliphatic carbocycles. The van der Waals surface area contributed by atoms with Crippen LogP contribution in [-0.2, 0) is 0 Å². The maximum absolute atomic E-state index is 12.6. The van der Waals surface area contributed by atoms with Crippen LogP contribution in [0.2, 0.25) is 0 Å². The Labute approximate surface area is 160 Å². The molecule has 6 nitrogen and oxygen atoms in total. The average Bonchev–Trinajstić information content (AvgIpc) is 3.28. The zero-order valence-corrected chi connectivity index (χ0v) is 15.7. The molecule has 0 spiro atoms. The minimum atomic E-state index is -0.208. The van der Waals surface area contributed by atoms with Gasteiger partial charge < -0.3 is 0 Å². The van der Waals surface area contributed by atoms with Crippen LogP contribution in [0.4, 0.5) is 5.13 Å². The predicted molar refractivity (Wildman–Crippen MR) is 106 cm³/mol. The number of pyridine rings is 1. The minimum Gasteiger partial charge on any atom is -0.298 e. The van der Waals surface area contributed by atoms with E-state index in [9.17, 15) is 4.79 Å². The van der Waals surface area contributed by atoms with E-state index in [2.05, 4.69) is 20.4 Å². The Hall–Kier alpha value is -3.32. The van der Waals surface area contributed by atoms with Crippen molar-refractivity contribution in [3.8, 4) is 17.1 Å². The molecular weight excluding hydrogens is 358 g/mol. The molecule has 3 aromatic heterocycles. The van der Waals surface area contributed by atoms with Crippen LogP contribution in [0.5, 0.6) is 0 Å². The molecule has 0 atom stereocenters. The van der Waals surface area contributed by atoms with Crippen LogP contribution in [0.25, 0.3) is 17.1 Å². The molecule has 4 aromatic rings. The Morgan fingerprint density at radius 1 is 1.07 bits per heavy atom. The van der Waals surface area contributed by atoms with E-state index in [1.54, 1.807) is 12.3 Å². The lowest BCUT2D eigenvalue weighted by Gasteiger charge is -2.07. The summed E-state index contributed by atoms with van der Waals surface area (Å²) in [6.07, 6.45) is 1.72. The minimum absolute atomic E-state index is 0.208. The zero-order chi connectivity index (χ0) is 18.8. The number of benzene rings is 1. The number of aryl methyl sites for hydroxylation is 2. The molecule has 0 radical (unpaired) electrons. The molecule has 0 saturated carbocycles. The van der Waals surface area contributed by atoms with Crippen LogP contribution in [0.3, 0.4) is 0 Å². The SMILES string of the molecule is Cc1cc(C)n(-c2cccc(C(=O)Nc3nc(-c4ccccn4)cs3)c2)n1. The molecule has 1 amide bonds. The summed E-state index contributed by atoms with van der Waals surface area (Å²) in [6.45, 7) is 3.93. The van der Waals surface area contributed by atoms with Gasteiger partial charge in [0.05, 0.1) is 17.1 Å². The lowest BCUT2D eigenvalue weighted by molar-refractivity contribution is 0.102. The van der Waals surface area contributed by atoms with Gasteiger partial charge in [0.25, 0.3) is 5.91 Å². The van der Waals surface area contributed by atoms with Crippen molar-refractivity contribution in [3.05, 3.63) is 77.1 Å². The van der Waals surface area contributed by atoms with Crippen LogP contribution in [0, 0.1) is 13.8 Å². The summed E-state index contributed by atoms with van der Waals surface area (Å²) in [7, 11) is 0. The van der Waals surface area contributed by atoms with E-state index in [0.717, 1.165) is 28.5 Å². The summed E-state index contributed by atoms with van der Waals surface area (Å²) < 4.78 is 1.83. The fourth-order valence-electron chi connectivity index (χ4n) is 2.80. The molecule has 0 aliphatic heterocycles. The highest BCUT2D eigenvalue weighted by molar-refractivity contribution is 7.14. The Balaban J connectivity index is 1.55. The maximum atomic E-state index is 12.6. The van der Waals surface area contributed by atoms with Crippen molar-refractivity contribution in [3.63, 3.8) is 0 Å². The molecule has 134 valence electrons. The monoisotopic (exact) mass is 375 g/mol. The van der Waals surface area contributed by atoms with E-state index < -0.39 is 0 Å². The number of amides is 1. The first-order valence-corrected chi connectivity index (χ1v) is 9.30. The summed E-state index contributed by atoms with van der Waals surface area (Å²) in [5, 5.41) is 9.75. The first-order chi connectivity index (χ1) is 13.1. The highest BCUT2D eigenvalue weighted by Crippen LogP contribution is 2.24. The number of thiazole rings is 1. The molecule has 7 heteroatoms. The second-order valence-electron chi connectivity index (χ2n) is 6.10. The topological polar surface area (TPSA) is 72.7 Å². The van der Waals surface area contributed by atoms with Crippen molar-refractivity contribution < 1.29 is 4.79 Å². The third-order valence-electron chi connectivity index (χ3n) is 4.01. The number of rotatable bonds is 4. The number of nitrogens with zero attached hydrogens (tertiary/aromatic N) is 4. The van der Waals surface area contributed by atoms with Crippen LogP contribution in [-0.4, -0.2) is 25.7 Å². The summed E-state index contributed by atoms with van der Waals surface area (Å²) in [5.74, 6) is -0.208. The predicted octanol–water partition coefficient (Wildman–Crippen LogP) is 4.26. The summed E-state index contributed by atoms with van der Waals surface area (Å²) in [4.78, 5) is 21.4. The van der Waals surface area contributed by atoms with Crippen LogP contribution in [0.1, 0.15) is 21.7 Å². The fraction of sp³-hybridized carbons (Fsp3) is 0.100. The van der Waals surface area contributed by atoms with Crippen LogP contribution < -0.4 is 5.32 Å². The van der Waals surface area contributed by atoms with Crippen LogP contribution >= 0.6 is 11.3 Å². The number of hydrogen-bond donors (Lipinski definition) is 1. The summed E-state index contributed by atoms with van der Waals surface area (Å²) in [6, 6.07) is 15.0. The number of hydrogen-bond acceptors (Lipinski definition) is 5. The van der Waals surface area contributed by atoms with Crippen molar-refractivity contribution >= 4 is 22.4 Å². The van der Waals surface area contributed by atoms with Crippen molar-refractivity contribution in [2.24, 2.45) is 0 Å². The smallest absolute Gasteiger partial charge is 0.257 e. The first kappa shape index (κ1) is 17.1. The van der Waals surface area contributed by atoms with Crippen molar-refractivity contribution in [1.29, 1.82) is 0 Å². The number of anilines is 1. The van der Waals surface area contributed by atoms with E-state index in [1.807, 2.05) is 66.4 Å². The maximum Gasteiger partial charge on any atom is 0.257 e. The Morgan fingerprint density at radius 3 is 2.70 bits per heavy atom. The van der Waals surface area contributed by atoms with E-state index in [1.165, 1.54) is 11.3 Å². The number of carbonyl (C=O) groups excluding carboxylic acids is 1. The van der Waals surface area contributed by atoms with Gasteiger partial charge in [0.15, 0.2) is 5.13 Å². The van der Waals surface area contributed by atoms with Gasteiger partial charge in [0, 0.05) is 22.8 Å². The molecule has 27 heavy (non-hydrogen) atoms. The number of nitrogens with one attached hydrogen (secondary N) is 1. The van der Waals surface area contributed by atoms with E-state index in [0.29, 0.717) is 10.7 Å². The molecule has 0 fully saturated rings. The van der Waals surface area contributed by atoms with Gasteiger partial charge in [0.1, 0.15) is 5.69 Å². The fourth-order valence-corrected chi connectivity index (χ4v) is 3.50. The molecule has 0 aliphatic rings. The molecule has 0 saturated heterocycles. The lowest BCUT2D eigenvalue weighted by Crippen LogP contribution is -2.12. The molecule has 1 aromatic carbocycles. The van der Waals surface area contributed by atoms with E-state index >= 15 is 0 Å². The Bertz CT molecular complexity index is 1100. The van der Waals surface area contributed by atoms with Gasteiger partial charge in [-0.2, -0.15) is 5.10 Å². The van der Waals surface area contributed by atoms with Gasteiger partial charge in [-0.05, 0) is 50.2 Å². The highest BCUT2D eigenvalue weighted by atomic mass is 32.1. The molecule has 3 heterocycles. The quantitative estimate of drug-likeness (QED) is 0.578. The van der Waals surface area contributed by atoms with Gasteiger partial charge >= 0.3 is 0 Å². The zero-order valence-electron chi connectivity index (χ0n) is 14.9. The lowest BCUT2D eigenvalue weighted by atomic mass is 10.2. The Kier molecular flexibility index (Phi) is 4.52. The van der Waals surface area contributed by atoms with Crippen molar-refractivity contribution in [2.45, 2.75) is 13.8 Å². The summed E-state index contributed by atoms with van der Waals surface area (Å²) >= 11 is 1.37. The van der Waals surface area contributed by atoms with Gasteiger partial charge in [-0.3, -0.25) is 15.1 Å². The van der Waals surface area contributed by atoms with E-state index in [4.69, 9.17) is 0 Å². The van der Waals surface area contributed by atoms with Gasteiger partial charge in [-0.25, -0.2) is 9.67 Å². The largest absolute Gasteiger partial charge is 0.298 e. The third kappa shape index (κ3) is 3.63. The Morgan fingerprint density at radius 2 is 1.96 bits per heavy atom. The number of aromatic nitrogens is 4. The molecule has 0 bridgehead atoms. The highest BCUT2D eigenvalue weighted by Gasteiger charge is 2.12. The molecule has 1 N–H and O–H groups in total. The van der Waals surface area contributed by atoms with Gasteiger partial charge in [-0.15, -0.1) is 11.3 Å². The van der Waals surface area contributed by atoms with Crippen LogP contribution in [0.15, 0.2) is 60.1 Å². The van der Waals surface area contributed by atoms with Crippen molar-refractivity contribution in [1.82, 2.24) is 19.7 Å². The summed E-state index contributed by atoms with van der Waals surface area (Å²) in [5.41, 5.74) is 4.88. The molecule has 4 rings (SSSR count). The average molecular weight is 375 g/mol. The van der Waals surface area contributed by atoms with E-state index in [-0.39, 0.29) is 5.91 Å². The van der Waals surface area contributed by atoms with Crippen molar-refractivity contribution in [2.75, 3.05) is 5.32 Å². The molecule has 0 unspecified atom stereocenters. The first-order valence-electron chi connectivity index (χ1n) is 8.42. The normalized spacial score (nSPS) is 10.7. The van der Waals surface area contributed by atoms with Gasteiger partial charge in [-0.1, -0.05) is 12.1 Å². The van der Waals surface area contributed by atoms with Gasteiger partial charge in [0.2, 0.25) is 0 Å².